The highest BCUT2D eigenvalue weighted by Crippen LogP contribution is 2.17. The first kappa shape index (κ1) is 13.8. The Bertz CT molecular complexity index is 634. The standard InChI is InChI=1S/C14H14N2O4/c1-3-9-8-12(16-20-9)13(17)15-11-7-5-4-6-10(11)14(18)19-2/h4-8H,3H2,1-2H3,(H,15,17). The van der Waals surface area contributed by atoms with Crippen LogP contribution in [0.4, 0.5) is 5.69 Å². The summed E-state index contributed by atoms with van der Waals surface area (Å²) < 4.78 is 9.63. The summed E-state index contributed by atoms with van der Waals surface area (Å²) in [7, 11) is 1.28. The second-order valence-electron chi connectivity index (χ2n) is 4.02. The molecule has 0 saturated carbocycles. The first-order chi connectivity index (χ1) is 9.65. The molecule has 0 aliphatic heterocycles. The van der Waals surface area contributed by atoms with Crippen molar-refractivity contribution in [2.75, 3.05) is 12.4 Å². The summed E-state index contributed by atoms with van der Waals surface area (Å²) in [6, 6.07) is 8.15. The van der Waals surface area contributed by atoms with Gasteiger partial charge in [0.15, 0.2) is 5.69 Å². The number of hydrogen-bond donors (Lipinski definition) is 1. The van der Waals surface area contributed by atoms with Crippen LogP contribution >= 0.6 is 0 Å². The first-order valence-electron chi connectivity index (χ1n) is 6.10. The van der Waals surface area contributed by atoms with Crippen molar-refractivity contribution >= 4 is 17.6 Å². The average molecular weight is 274 g/mol. The summed E-state index contributed by atoms with van der Waals surface area (Å²) in [5.41, 5.74) is 0.814. The number of carbonyl (C=O) groups is 2. The Balaban J connectivity index is 2.21. The number of carbonyl (C=O) groups excluding carboxylic acids is 2. The summed E-state index contributed by atoms with van der Waals surface area (Å²) in [5, 5.41) is 6.29. The maximum atomic E-state index is 12.0. The average Bonchev–Trinajstić information content (AvgIpc) is 2.96. The molecule has 1 aromatic heterocycles. The lowest BCUT2D eigenvalue weighted by Gasteiger charge is -2.07. The molecule has 104 valence electrons. The van der Waals surface area contributed by atoms with E-state index >= 15 is 0 Å². The maximum Gasteiger partial charge on any atom is 0.339 e. The van der Waals surface area contributed by atoms with Crippen LogP contribution in [0.2, 0.25) is 0 Å². The summed E-state index contributed by atoms with van der Waals surface area (Å²) in [6.45, 7) is 1.90. The summed E-state index contributed by atoms with van der Waals surface area (Å²) >= 11 is 0. The number of rotatable bonds is 4. The van der Waals surface area contributed by atoms with Gasteiger partial charge in [0.25, 0.3) is 5.91 Å². The molecule has 6 nitrogen and oxygen atoms in total. The molecule has 1 N–H and O–H groups in total. The van der Waals surface area contributed by atoms with Crippen molar-refractivity contribution in [3.05, 3.63) is 47.3 Å². The van der Waals surface area contributed by atoms with Crippen LogP contribution in [-0.4, -0.2) is 24.1 Å². The van der Waals surface area contributed by atoms with Gasteiger partial charge in [-0.15, -0.1) is 0 Å². The summed E-state index contributed by atoms with van der Waals surface area (Å²) in [4.78, 5) is 23.6. The minimum atomic E-state index is -0.518. The van der Waals surface area contributed by atoms with Crippen molar-refractivity contribution in [3.8, 4) is 0 Å². The van der Waals surface area contributed by atoms with Crippen molar-refractivity contribution in [1.82, 2.24) is 5.16 Å². The van der Waals surface area contributed by atoms with Gasteiger partial charge in [-0.1, -0.05) is 24.2 Å². The summed E-state index contributed by atoms with van der Waals surface area (Å²) in [5.74, 6) is -0.337. The second kappa shape index (κ2) is 6.01. The van der Waals surface area contributed by atoms with Crippen LogP contribution in [0.25, 0.3) is 0 Å². The topological polar surface area (TPSA) is 81.4 Å². The van der Waals surface area contributed by atoms with Crippen molar-refractivity contribution in [3.63, 3.8) is 0 Å². The fraction of sp³-hybridized carbons (Fsp3) is 0.214. The second-order valence-corrected chi connectivity index (χ2v) is 4.02. The first-order valence-corrected chi connectivity index (χ1v) is 6.10. The Labute approximate surface area is 115 Å². The van der Waals surface area contributed by atoms with Gasteiger partial charge in [-0.2, -0.15) is 0 Å². The number of aryl methyl sites for hydroxylation is 1. The fourth-order valence-corrected chi connectivity index (χ4v) is 1.65. The van der Waals surface area contributed by atoms with Crippen molar-refractivity contribution in [1.29, 1.82) is 0 Å². The fourth-order valence-electron chi connectivity index (χ4n) is 1.65. The largest absolute Gasteiger partial charge is 0.465 e. The molecule has 0 bridgehead atoms. The molecule has 0 spiro atoms. The Kier molecular flexibility index (Phi) is 4.14. The van der Waals surface area contributed by atoms with Gasteiger partial charge in [-0.25, -0.2) is 4.79 Å². The number of nitrogens with zero attached hydrogens (tertiary/aromatic N) is 1. The Hall–Kier alpha value is -2.63. The summed E-state index contributed by atoms with van der Waals surface area (Å²) in [6.07, 6.45) is 0.652. The molecule has 2 rings (SSSR count). The maximum absolute atomic E-state index is 12.0. The molecular weight excluding hydrogens is 260 g/mol. The lowest BCUT2D eigenvalue weighted by molar-refractivity contribution is 0.0602. The van der Waals surface area contributed by atoms with Crippen LogP contribution < -0.4 is 5.32 Å². The van der Waals surface area contributed by atoms with Gasteiger partial charge in [0.1, 0.15) is 5.76 Å². The van der Waals surface area contributed by atoms with Crippen molar-refractivity contribution < 1.29 is 18.8 Å². The number of anilines is 1. The molecule has 6 heteroatoms. The monoisotopic (exact) mass is 274 g/mol. The zero-order valence-electron chi connectivity index (χ0n) is 11.2. The normalized spacial score (nSPS) is 10.1. The molecule has 0 aliphatic carbocycles. The van der Waals surface area contributed by atoms with Crippen LogP contribution in [-0.2, 0) is 11.2 Å². The van der Waals surface area contributed by atoms with E-state index in [-0.39, 0.29) is 11.3 Å². The highest BCUT2D eigenvalue weighted by molar-refractivity contribution is 6.07. The number of amides is 1. The molecule has 20 heavy (non-hydrogen) atoms. The number of ether oxygens (including phenoxy) is 1. The molecule has 0 atom stereocenters. The zero-order valence-corrected chi connectivity index (χ0v) is 11.2. The number of methoxy groups -OCH3 is 1. The molecule has 1 heterocycles. The number of hydrogen-bond acceptors (Lipinski definition) is 5. The molecule has 0 unspecified atom stereocenters. The van der Waals surface area contributed by atoms with E-state index < -0.39 is 11.9 Å². The van der Waals surface area contributed by atoms with Gasteiger partial charge in [-0.3, -0.25) is 4.79 Å². The third kappa shape index (κ3) is 2.85. The van der Waals surface area contributed by atoms with Gasteiger partial charge in [-0.05, 0) is 12.1 Å². The van der Waals surface area contributed by atoms with E-state index in [9.17, 15) is 9.59 Å². The smallest absolute Gasteiger partial charge is 0.339 e. The van der Waals surface area contributed by atoms with Crippen molar-refractivity contribution in [2.24, 2.45) is 0 Å². The Morgan fingerprint density at radius 2 is 2.10 bits per heavy atom. The predicted molar refractivity (Wildman–Crippen MR) is 71.6 cm³/mol. The van der Waals surface area contributed by atoms with Crippen molar-refractivity contribution in [2.45, 2.75) is 13.3 Å². The molecule has 0 fully saturated rings. The number of aromatic nitrogens is 1. The number of benzene rings is 1. The third-order valence-electron chi connectivity index (χ3n) is 2.72. The van der Waals surface area contributed by atoms with Crippen LogP contribution in [0.3, 0.4) is 0 Å². The van der Waals surface area contributed by atoms with Crippen LogP contribution in [0, 0.1) is 0 Å². The highest BCUT2D eigenvalue weighted by Gasteiger charge is 2.16. The van der Waals surface area contributed by atoms with Gasteiger partial charge >= 0.3 is 5.97 Å². The Morgan fingerprint density at radius 3 is 2.75 bits per heavy atom. The molecule has 0 aliphatic rings. The molecule has 0 radical (unpaired) electrons. The molecule has 1 amide bonds. The predicted octanol–water partition coefficient (Wildman–Crippen LogP) is 2.28. The number of nitrogens with one attached hydrogen (secondary N) is 1. The third-order valence-corrected chi connectivity index (χ3v) is 2.72. The molecular formula is C14H14N2O4. The van der Waals surface area contributed by atoms with E-state index in [4.69, 9.17) is 4.52 Å². The lowest BCUT2D eigenvalue weighted by atomic mass is 10.1. The van der Waals surface area contributed by atoms with Crippen LogP contribution in [0.5, 0.6) is 0 Å². The lowest BCUT2D eigenvalue weighted by Crippen LogP contribution is -2.15. The van der Waals surface area contributed by atoms with E-state index in [0.29, 0.717) is 17.9 Å². The quantitative estimate of drug-likeness (QED) is 0.865. The van der Waals surface area contributed by atoms with Gasteiger partial charge in [0, 0.05) is 12.5 Å². The van der Waals surface area contributed by atoms with E-state index in [1.54, 1.807) is 30.3 Å². The van der Waals surface area contributed by atoms with Crippen LogP contribution in [0.15, 0.2) is 34.9 Å². The molecule has 1 aromatic carbocycles. The minimum absolute atomic E-state index is 0.168. The zero-order chi connectivity index (χ0) is 14.5. The number of esters is 1. The number of para-hydroxylation sites is 1. The molecule has 2 aromatic rings. The van der Waals surface area contributed by atoms with E-state index in [1.165, 1.54) is 7.11 Å². The molecule has 0 saturated heterocycles. The van der Waals surface area contributed by atoms with E-state index in [2.05, 4.69) is 15.2 Å². The van der Waals surface area contributed by atoms with Gasteiger partial charge in [0.05, 0.1) is 18.4 Å². The minimum Gasteiger partial charge on any atom is -0.465 e. The van der Waals surface area contributed by atoms with Gasteiger partial charge < -0.3 is 14.6 Å². The van der Waals surface area contributed by atoms with E-state index in [1.807, 2.05) is 6.92 Å². The SMILES string of the molecule is CCc1cc(C(=O)Nc2ccccc2C(=O)OC)no1. The highest BCUT2D eigenvalue weighted by atomic mass is 16.5. The van der Waals surface area contributed by atoms with Gasteiger partial charge in [0.2, 0.25) is 0 Å². The van der Waals surface area contributed by atoms with E-state index in [0.717, 1.165) is 0 Å². The Morgan fingerprint density at radius 1 is 1.35 bits per heavy atom. The van der Waals surface area contributed by atoms with Crippen LogP contribution in [0.1, 0.15) is 33.5 Å².